The average Bonchev–Trinajstić information content (AvgIpc) is 2.94. The number of nitrogens with one attached hydrogen (secondary N) is 2. The Balaban J connectivity index is 1.90. The van der Waals surface area contributed by atoms with Crippen LogP contribution in [0.3, 0.4) is 0 Å². The number of carbonyl (C=O) groups is 1. The van der Waals surface area contributed by atoms with Crippen LogP contribution in [0.2, 0.25) is 0 Å². The number of carbonyl (C=O) groups excluding carboxylic acids is 1. The van der Waals surface area contributed by atoms with Crippen molar-refractivity contribution in [2.24, 2.45) is 0 Å². The molecule has 0 bridgehead atoms. The zero-order valence-corrected chi connectivity index (χ0v) is 12.1. The van der Waals surface area contributed by atoms with E-state index in [0.717, 1.165) is 22.6 Å². The minimum absolute atomic E-state index is 0.00807. The van der Waals surface area contributed by atoms with Crippen LogP contribution in [0.25, 0.3) is 0 Å². The molecule has 0 aliphatic carbocycles. The Kier molecular flexibility index (Phi) is 4.58. The van der Waals surface area contributed by atoms with E-state index >= 15 is 0 Å². The normalized spacial score (nSPS) is 12.2. The Labute approximate surface area is 119 Å². The summed E-state index contributed by atoms with van der Waals surface area (Å²) in [6, 6.07) is 9.69. The molecule has 0 saturated heterocycles. The van der Waals surface area contributed by atoms with Crippen molar-refractivity contribution in [1.29, 1.82) is 0 Å². The molecule has 2 aromatic rings. The number of hydrogen-bond acceptors (Lipinski definition) is 3. The second-order valence-electron chi connectivity index (χ2n) is 4.93. The number of furan rings is 1. The minimum Gasteiger partial charge on any atom is -0.468 e. The predicted octanol–water partition coefficient (Wildman–Crippen LogP) is 3.19. The van der Waals surface area contributed by atoms with Crippen molar-refractivity contribution < 1.29 is 9.21 Å². The summed E-state index contributed by atoms with van der Waals surface area (Å²) in [5.74, 6) is 0.769. The van der Waals surface area contributed by atoms with Gasteiger partial charge in [0.2, 0.25) is 5.91 Å². The van der Waals surface area contributed by atoms with Crippen LogP contribution in [-0.4, -0.2) is 12.5 Å². The molecule has 0 saturated carbocycles. The molecule has 0 aliphatic rings. The molecule has 1 heterocycles. The van der Waals surface area contributed by atoms with Gasteiger partial charge >= 0.3 is 0 Å². The minimum atomic E-state index is -0.0548. The molecule has 0 unspecified atom stereocenters. The third-order valence-electron chi connectivity index (χ3n) is 3.28. The van der Waals surface area contributed by atoms with Gasteiger partial charge in [-0.25, -0.2) is 0 Å². The summed E-state index contributed by atoms with van der Waals surface area (Å²) in [6.07, 6.45) is 1.63. The van der Waals surface area contributed by atoms with Crippen LogP contribution in [0.15, 0.2) is 41.0 Å². The summed E-state index contributed by atoms with van der Waals surface area (Å²) in [6.45, 7) is 6.18. The number of para-hydroxylation sites is 1. The quantitative estimate of drug-likeness (QED) is 0.879. The first-order valence-electron chi connectivity index (χ1n) is 6.71. The Morgan fingerprint density at radius 2 is 1.90 bits per heavy atom. The van der Waals surface area contributed by atoms with Crippen molar-refractivity contribution >= 4 is 11.6 Å². The maximum atomic E-state index is 12.0. The van der Waals surface area contributed by atoms with Gasteiger partial charge in [-0.05, 0) is 44.0 Å². The first-order chi connectivity index (χ1) is 9.58. The lowest BCUT2D eigenvalue weighted by Crippen LogP contribution is -2.30. The zero-order chi connectivity index (χ0) is 14.5. The molecule has 20 heavy (non-hydrogen) atoms. The predicted molar refractivity (Wildman–Crippen MR) is 79.7 cm³/mol. The Hall–Kier alpha value is -2.07. The maximum Gasteiger partial charge on any atom is 0.238 e. The molecular formula is C16H20N2O2. The molecule has 4 heteroatoms. The van der Waals surface area contributed by atoms with Crippen LogP contribution in [0.4, 0.5) is 5.69 Å². The second-order valence-corrected chi connectivity index (χ2v) is 4.93. The highest BCUT2D eigenvalue weighted by molar-refractivity contribution is 5.93. The van der Waals surface area contributed by atoms with Gasteiger partial charge in [0.1, 0.15) is 5.76 Å². The van der Waals surface area contributed by atoms with Crippen LogP contribution in [-0.2, 0) is 4.79 Å². The van der Waals surface area contributed by atoms with Gasteiger partial charge in [-0.2, -0.15) is 0 Å². The standard InChI is InChI=1S/C16H20N2O2/c1-11-6-4-7-12(2)16(11)18-15(19)10-17-13(3)14-8-5-9-20-14/h4-9,13,17H,10H2,1-3H3,(H,18,19)/t13-/m1/s1. The highest BCUT2D eigenvalue weighted by Gasteiger charge is 2.11. The van der Waals surface area contributed by atoms with Gasteiger partial charge in [0.25, 0.3) is 0 Å². The van der Waals surface area contributed by atoms with Crippen molar-refractivity contribution in [1.82, 2.24) is 5.32 Å². The van der Waals surface area contributed by atoms with Gasteiger partial charge in [-0.15, -0.1) is 0 Å². The molecule has 1 amide bonds. The van der Waals surface area contributed by atoms with Gasteiger partial charge in [-0.1, -0.05) is 18.2 Å². The van der Waals surface area contributed by atoms with Crippen molar-refractivity contribution in [2.45, 2.75) is 26.8 Å². The molecule has 1 aromatic heterocycles. The van der Waals surface area contributed by atoms with Crippen molar-refractivity contribution in [3.8, 4) is 0 Å². The summed E-state index contributed by atoms with van der Waals surface area (Å²) in [7, 11) is 0. The lowest BCUT2D eigenvalue weighted by atomic mass is 10.1. The van der Waals surface area contributed by atoms with Crippen molar-refractivity contribution in [2.75, 3.05) is 11.9 Å². The summed E-state index contributed by atoms with van der Waals surface area (Å²) >= 11 is 0. The topological polar surface area (TPSA) is 54.3 Å². The van der Waals surface area contributed by atoms with E-state index in [0.29, 0.717) is 0 Å². The third kappa shape index (κ3) is 3.48. The van der Waals surface area contributed by atoms with E-state index in [1.54, 1.807) is 6.26 Å². The second kappa shape index (κ2) is 6.39. The van der Waals surface area contributed by atoms with E-state index in [4.69, 9.17) is 4.42 Å². The smallest absolute Gasteiger partial charge is 0.238 e. The van der Waals surface area contributed by atoms with Crippen LogP contribution in [0.5, 0.6) is 0 Å². The van der Waals surface area contributed by atoms with Gasteiger partial charge in [0, 0.05) is 5.69 Å². The summed E-state index contributed by atoms with van der Waals surface area (Å²) < 4.78 is 5.29. The summed E-state index contributed by atoms with van der Waals surface area (Å²) in [5, 5.41) is 6.09. The number of amides is 1. The molecule has 0 radical (unpaired) electrons. The number of rotatable bonds is 5. The molecule has 0 aliphatic heterocycles. The first kappa shape index (κ1) is 14.3. The summed E-state index contributed by atoms with van der Waals surface area (Å²) in [4.78, 5) is 12.0. The Morgan fingerprint density at radius 1 is 1.20 bits per heavy atom. The molecule has 0 fully saturated rings. The largest absolute Gasteiger partial charge is 0.468 e. The summed E-state index contributed by atoms with van der Waals surface area (Å²) in [5.41, 5.74) is 3.03. The van der Waals surface area contributed by atoms with Crippen LogP contribution in [0, 0.1) is 13.8 Å². The van der Waals surface area contributed by atoms with Crippen molar-refractivity contribution in [3.05, 3.63) is 53.5 Å². The van der Waals surface area contributed by atoms with Crippen LogP contribution < -0.4 is 10.6 Å². The highest BCUT2D eigenvalue weighted by atomic mass is 16.3. The molecular weight excluding hydrogens is 252 g/mol. The lowest BCUT2D eigenvalue weighted by Gasteiger charge is -2.14. The number of benzene rings is 1. The molecule has 1 aromatic carbocycles. The molecule has 1 atom stereocenters. The van der Waals surface area contributed by atoms with E-state index in [1.165, 1.54) is 0 Å². The van der Waals surface area contributed by atoms with Gasteiger partial charge in [-0.3, -0.25) is 10.1 Å². The zero-order valence-electron chi connectivity index (χ0n) is 12.1. The fourth-order valence-electron chi connectivity index (χ4n) is 2.08. The Morgan fingerprint density at radius 3 is 2.50 bits per heavy atom. The third-order valence-corrected chi connectivity index (χ3v) is 3.28. The Bertz CT molecular complexity index is 556. The van der Waals surface area contributed by atoms with Crippen LogP contribution in [0.1, 0.15) is 29.9 Å². The van der Waals surface area contributed by atoms with E-state index in [-0.39, 0.29) is 18.5 Å². The number of anilines is 1. The molecule has 2 rings (SSSR count). The van der Waals surface area contributed by atoms with Gasteiger partial charge in [0.15, 0.2) is 0 Å². The van der Waals surface area contributed by atoms with E-state index < -0.39 is 0 Å². The maximum absolute atomic E-state index is 12.0. The molecule has 2 N–H and O–H groups in total. The molecule has 0 spiro atoms. The van der Waals surface area contributed by atoms with Gasteiger partial charge < -0.3 is 9.73 Å². The SMILES string of the molecule is Cc1cccc(C)c1NC(=O)CN[C@H](C)c1ccco1. The molecule has 106 valence electrons. The average molecular weight is 272 g/mol. The monoisotopic (exact) mass is 272 g/mol. The van der Waals surface area contributed by atoms with Crippen LogP contribution >= 0.6 is 0 Å². The van der Waals surface area contributed by atoms with E-state index in [1.807, 2.05) is 51.1 Å². The number of aryl methyl sites for hydroxylation is 2. The van der Waals surface area contributed by atoms with E-state index in [9.17, 15) is 4.79 Å². The van der Waals surface area contributed by atoms with Gasteiger partial charge in [0.05, 0.1) is 18.8 Å². The highest BCUT2D eigenvalue weighted by Crippen LogP contribution is 2.19. The first-order valence-corrected chi connectivity index (χ1v) is 6.71. The van der Waals surface area contributed by atoms with E-state index in [2.05, 4.69) is 10.6 Å². The number of hydrogen-bond donors (Lipinski definition) is 2. The lowest BCUT2D eigenvalue weighted by molar-refractivity contribution is -0.115. The molecule has 4 nitrogen and oxygen atoms in total. The fraction of sp³-hybridized carbons (Fsp3) is 0.312. The van der Waals surface area contributed by atoms with Crippen molar-refractivity contribution in [3.63, 3.8) is 0 Å². The fourth-order valence-corrected chi connectivity index (χ4v) is 2.08.